The lowest BCUT2D eigenvalue weighted by molar-refractivity contribution is -0.119. The third-order valence-corrected chi connectivity index (χ3v) is 5.37. The van der Waals surface area contributed by atoms with E-state index < -0.39 is 0 Å². The molecule has 0 aliphatic heterocycles. The molecular formula is C20H25N5OS. The van der Waals surface area contributed by atoms with Crippen LogP contribution in [0.25, 0.3) is 10.8 Å². The van der Waals surface area contributed by atoms with Crippen LogP contribution in [0.2, 0.25) is 0 Å². The summed E-state index contributed by atoms with van der Waals surface area (Å²) in [6.45, 7) is 4.12. The van der Waals surface area contributed by atoms with E-state index in [2.05, 4.69) is 46.7 Å². The highest BCUT2D eigenvalue weighted by atomic mass is 32.2. The van der Waals surface area contributed by atoms with Crippen molar-refractivity contribution >= 4 is 28.4 Å². The van der Waals surface area contributed by atoms with Crippen molar-refractivity contribution in [3.63, 3.8) is 0 Å². The van der Waals surface area contributed by atoms with Crippen molar-refractivity contribution < 1.29 is 4.79 Å². The molecule has 0 bridgehead atoms. The van der Waals surface area contributed by atoms with Crippen LogP contribution in [0, 0.1) is 0 Å². The van der Waals surface area contributed by atoms with Crippen LogP contribution in [-0.4, -0.2) is 32.6 Å². The average Bonchev–Trinajstić information content (AvgIpc) is 3.00. The quantitative estimate of drug-likeness (QED) is 0.461. The topological polar surface area (TPSA) is 85.8 Å². The predicted octanol–water partition coefficient (Wildman–Crippen LogP) is 3.13. The lowest BCUT2D eigenvalue weighted by atomic mass is 10.0. The normalized spacial score (nSPS) is 12.2. The summed E-state index contributed by atoms with van der Waals surface area (Å²) in [6, 6.07) is 14.6. The SMILES string of the molecule is CCC[C@H](C)NC(=O)CSc1nnc(Cc2cccc3ccccc23)n1N. The van der Waals surface area contributed by atoms with E-state index in [0.29, 0.717) is 17.4 Å². The molecular weight excluding hydrogens is 358 g/mol. The first-order valence-electron chi connectivity index (χ1n) is 9.16. The maximum absolute atomic E-state index is 12.0. The fourth-order valence-corrected chi connectivity index (χ4v) is 3.78. The number of thioether (sulfide) groups is 1. The number of fused-ring (bicyclic) bond motifs is 1. The van der Waals surface area contributed by atoms with Crippen molar-refractivity contribution in [1.29, 1.82) is 0 Å². The molecule has 1 atom stereocenters. The van der Waals surface area contributed by atoms with Gasteiger partial charge in [-0.1, -0.05) is 67.6 Å². The number of amides is 1. The second-order valence-electron chi connectivity index (χ2n) is 6.63. The largest absolute Gasteiger partial charge is 0.353 e. The third-order valence-electron chi connectivity index (χ3n) is 4.43. The van der Waals surface area contributed by atoms with Gasteiger partial charge in [-0.15, -0.1) is 10.2 Å². The minimum atomic E-state index is -0.0143. The molecule has 0 unspecified atom stereocenters. The summed E-state index contributed by atoms with van der Waals surface area (Å²) in [5, 5.41) is 14.3. The summed E-state index contributed by atoms with van der Waals surface area (Å²) in [6.07, 6.45) is 2.60. The molecule has 0 spiro atoms. The molecule has 3 N–H and O–H groups in total. The van der Waals surface area contributed by atoms with Gasteiger partial charge >= 0.3 is 0 Å². The molecule has 0 saturated heterocycles. The first-order chi connectivity index (χ1) is 13.1. The van der Waals surface area contributed by atoms with Crippen LogP contribution in [0.4, 0.5) is 0 Å². The Morgan fingerprint density at radius 2 is 2.00 bits per heavy atom. The molecule has 0 aliphatic carbocycles. The number of benzene rings is 2. The zero-order chi connectivity index (χ0) is 19.2. The number of aromatic nitrogens is 3. The minimum Gasteiger partial charge on any atom is -0.353 e. The van der Waals surface area contributed by atoms with Gasteiger partial charge in [-0.2, -0.15) is 0 Å². The standard InChI is InChI=1S/C20H25N5OS/c1-3-7-14(2)22-19(26)13-27-20-24-23-18(25(20)21)12-16-10-6-9-15-8-4-5-11-17(15)16/h4-6,8-11,14H,3,7,12-13,21H2,1-2H3,(H,22,26)/t14-/m0/s1. The highest BCUT2D eigenvalue weighted by molar-refractivity contribution is 7.99. The molecule has 1 heterocycles. The lowest BCUT2D eigenvalue weighted by Crippen LogP contribution is -2.33. The van der Waals surface area contributed by atoms with Crippen LogP contribution in [0.5, 0.6) is 0 Å². The summed E-state index contributed by atoms with van der Waals surface area (Å²) < 4.78 is 1.48. The maximum Gasteiger partial charge on any atom is 0.230 e. The second kappa shape index (κ2) is 8.90. The van der Waals surface area contributed by atoms with E-state index in [1.165, 1.54) is 27.2 Å². The fourth-order valence-electron chi connectivity index (χ4n) is 3.09. The van der Waals surface area contributed by atoms with Gasteiger partial charge in [0.15, 0.2) is 5.82 Å². The molecule has 0 radical (unpaired) electrons. The van der Waals surface area contributed by atoms with E-state index in [1.807, 2.05) is 25.1 Å². The number of carbonyl (C=O) groups is 1. The predicted molar refractivity (Wildman–Crippen MR) is 110 cm³/mol. The summed E-state index contributed by atoms with van der Waals surface area (Å²) in [4.78, 5) is 12.0. The maximum atomic E-state index is 12.0. The molecule has 1 aromatic heterocycles. The van der Waals surface area contributed by atoms with Crippen molar-refractivity contribution in [2.24, 2.45) is 0 Å². The van der Waals surface area contributed by atoms with Gasteiger partial charge in [-0.05, 0) is 29.7 Å². The number of hydrogen-bond acceptors (Lipinski definition) is 5. The zero-order valence-corrected chi connectivity index (χ0v) is 16.5. The van der Waals surface area contributed by atoms with Gasteiger partial charge in [-0.3, -0.25) is 4.79 Å². The number of nitrogens with two attached hydrogens (primary N) is 1. The van der Waals surface area contributed by atoms with Gasteiger partial charge < -0.3 is 11.2 Å². The molecule has 2 aromatic carbocycles. The first kappa shape index (κ1) is 19.2. The average molecular weight is 384 g/mol. The number of nitrogen functional groups attached to an aromatic ring is 1. The third kappa shape index (κ3) is 4.80. The molecule has 0 saturated carbocycles. The Kier molecular flexibility index (Phi) is 6.34. The molecule has 142 valence electrons. The van der Waals surface area contributed by atoms with Crippen LogP contribution in [-0.2, 0) is 11.2 Å². The van der Waals surface area contributed by atoms with Crippen LogP contribution in [0.1, 0.15) is 38.1 Å². The van der Waals surface area contributed by atoms with E-state index in [4.69, 9.17) is 5.84 Å². The van der Waals surface area contributed by atoms with E-state index in [-0.39, 0.29) is 17.7 Å². The highest BCUT2D eigenvalue weighted by Crippen LogP contribution is 2.22. The van der Waals surface area contributed by atoms with Crippen LogP contribution in [0.3, 0.4) is 0 Å². The molecule has 3 rings (SSSR count). The number of rotatable bonds is 8. The molecule has 3 aromatic rings. The molecule has 0 fully saturated rings. The van der Waals surface area contributed by atoms with E-state index in [9.17, 15) is 4.79 Å². The number of carbonyl (C=O) groups excluding carboxylic acids is 1. The van der Waals surface area contributed by atoms with Gasteiger partial charge in [0.2, 0.25) is 11.1 Å². The van der Waals surface area contributed by atoms with Gasteiger partial charge in [0.1, 0.15) is 0 Å². The number of nitrogens with zero attached hydrogens (tertiary/aromatic N) is 3. The summed E-state index contributed by atoms with van der Waals surface area (Å²) in [7, 11) is 0. The van der Waals surface area contributed by atoms with Gasteiger partial charge in [0, 0.05) is 12.5 Å². The van der Waals surface area contributed by atoms with Crippen LogP contribution < -0.4 is 11.2 Å². The molecule has 6 nitrogen and oxygen atoms in total. The molecule has 27 heavy (non-hydrogen) atoms. The highest BCUT2D eigenvalue weighted by Gasteiger charge is 2.14. The van der Waals surface area contributed by atoms with Crippen molar-refractivity contribution in [1.82, 2.24) is 20.2 Å². The number of hydrogen-bond donors (Lipinski definition) is 2. The number of nitrogens with one attached hydrogen (secondary N) is 1. The Morgan fingerprint density at radius 3 is 2.81 bits per heavy atom. The minimum absolute atomic E-state index is 0.0143. The Morgan fingerprint density at radius 1 is 1.22 bits per heavy atom. The first-order valence-corrected chi connectivity index (χ1v) is 10.1. The van der Waals surface area contributed by atoms with Crippen LogP contribution >= 0.6 is 11.8 Å². The Hall–Kier alpha value is -2.54. The van der Waals surface area contributed by atoms with Gasteiger partial charge in [0.05, 0.1) is 5.75 Å². The lowest BCUT2D eigenvalue weighted by Gasteiger charge is -2.12. The Bertz CT molecular complexity index is 918. The van der Waals surface area contributed by atoms with E-state index >= 15 is 0 Å². The van der Waals surface area contributed by atoms with Crippen LogP contribution in [0.15, 0.2) is 47.6 Å². The molecule has 7 heteroatoms. The van der Waals surface area contributed by atoms with E-state index in [0.717, 1.165) is 18.4 Å². The Labute approximate surface area is 163 Å². The van der Waals surface area contributed by atoms with Crippen molar-refractivity contribution in [2.45, 2.75) is 44.3 Å². The smallest absolute Gasteiger partial charge is 0.230 e. The Balaban J connectivity index is 1.66. The van der Waals surface area contributed by atoms with Gasteiger partial charge in [-0.25, -0.2) is 4.68 Å². The zero-order valence-electron chi connectivity index (χ0n) is 15.7. The summed E-state index contributed by atoms with van der Waals surface area (Å²) >= 11 is 1.30. The monoisotopic (exact) mass is 383 g/mol. The van der Waals surface area contributed by atoms with Crippen molar-refractivity contribution in [2.75, 3.05) is 11.6 Å². The van der Waals surface area contributed by atoms with Crippen molar-refractivity contribution in [3.05, 3.63) is 53.9 Å². The second-order valence-corrected chi connectivity index (χ2v) is 7.57. The molecule has 0 aliphatic rings. The summed E-state index contributed by atoms with van der Waals surface area (Å²) in [5.41, 5.74) is 1.15. The van der Waals surface area contributed by atoms with E-state index in [1.54, 1.807) is 0 Å². The molecule has 1 amide bonds. The van der Waals surface area contributed by atoms with Crippen molar-refractivity contribution in [3.8, 4) is 0 Å². The van der Waals surface area contributed by atoms with Gasteiger partial charge in [0.25, 0.3) is 0 Å². The fraction of sp³-hybridized carbons (Fsp3) is 0.350. The summed E-state index contributed by atoms with van der Waals surface area (Å²) in [5.74, 6) is 7.11.